The van der Waals surface area contributed by atoms with Gasteiger partial charge >= 0.3 is 0 Å². The molecule has 1 fully saturated rings. The van der Waals surface area contributed by atoms with Crippen LogP contribution in [-0.4, -0.2) is 5.92 Å². The molecule has 0 N–H and O–H groups in total. The zero-order valence-corrected chi connectivity index (χ0v) is 15.7. The molecule has 1 atom stereocenters. The summed E-state index contributed by atoms with van der Waals surface area (Å²) >= 11 is 0. The molecule has 0 amide bonds. The van der Waals surface area contributed by atoms with Gasteiger partial charge < -0.3 is 0 Å². The van der Waals surface area contributed by atoms with Gasteiger partial charge in [0, 0.05) is 6.92 Å². The van der Waals surface area contributed by atoms with E-state index in [0.29, 0.717) is 12.8 Å². The summed E-state index contributed by atoms with van der Waals surface area (Å²) in [4.78, 5) is 0. The highest BCUT2D eigenvalue weighted by molar-refractivity contribution is 5.28. The van der Waals surface area contributed by atoms with Gasteiger partial charge in [-0.1, -0.05) is 69.7 Å². The van der Waals surface area contributed by atoms with Gasteiger partial charge in [-0.15, -0.1) is 0 Å². The van der Waals surface area contributed by atoms with Gasteiger partial charge in [0.1, 0.15) is 0 Å². The van der Waals surface area contributed by atoms with Gasteiger partial charge in [0.05, 0.1) is 0 Å². The molecular formula is C22H33F3. The standard InChI is InChI=1S/C22H33F3/c1-3-4-5-6-7-8-17-9-11-18(12-10-17)19-13-15-20(16-14-19)21(23)22(2,24)25/h13-18,21H,3-12H2,1-2H3. The van der Waals surface area contributed by atoms with Crippen LogP contribution in [0.1, 0.15) is 101 Å². The number of hydrogen-bond donors (Lipinski definition) is 0. The molecule has 0 saturated heterocycles. The van der Waals surface area contributed by atoms with Gasteiger partial charge in [0.15, 0.2) is 6.17 Å². The Morgan fingerprint density at radius 1 is 0.960 bits per heavy atom. The van der Waals surface area contributed by atoms with Crippen LogP contribution in [0, 0.1) is 5.92 Å². The van der Waals surface area contributed by atoms with E-state index < -0.39 is 12.1 Å². The van der Waals surface area contributed by atoms with Gasteiger partial charge in [0.25, 0.3) is 5.92 Å². The van der Waals surface area contributed by atoms with Crippen molar-refractivity contribution in [3.8, 4) is 0 Å². The average molecular weight is 355 g/mol. The number of unbranched alkanes of at least 4 members (excludes halogenated alkanes) is 4. The molecule has 25 heavy (non-hydrogen) atoms. The van der Waals surface area contributed by atoms with E-state index in [2.05, 4.69) is 6.92 Å². The smallest absolute Gasteiger partial charge is 0.236 e. The van der Waals surface area contributed by atoms with Crippen LogP contribution in [0.5, 0.6) is 0 Å². The highest BCUT2D eigenvalue weighted by Crippen LogP contribution is 2.39. The molecule has 2 rings (SSSR count). The van der Waals surface area contributed by atoms with E-state index in [4.69, 9.17) is 0 Å². The lowest BCUT2D eigenvalue weighted by Crippen LogP contribution is -2.18. The predicted octanol–water partition coefficient (Wildman–Crippen LogP) is 7.99. The molecule has 0 nitrogen and oxygen atoms in total. The fourth-order valence-corrected chi connectivity index (χ4v) is 4.05. The zero-order chi connectivity index (χ0) is 18.3. The summed E-state index contributed by atoms with van der Waals surface area (Å²) in [6.07, 6.45) is 10.7. The van der Waals surface area contributed by atoms with Crippen molar-refractivity contribution in [2.75, 3.05) is 0 Å². The second-order valence-corrected chi connectivity index (χ2v) is 7.91. The van der Waals surface area contributed by atoms with Crippen molar-refractivity contribution in [1.82, 2.24) is 0 Å². The Labute approximate surface area is 151 Å². The van der Waals surface area contributed by atoms with E-state index in [1.165, 1.54) is 81.9 Å². The summed E-state index contributed by atoms with van der Waals surface area (Å²) < 4.78 is 39.9. The molecule has 0 spiro atoms. The van der Waals surface area contributed by atoms with Crippen LogP contribution in [0.25, 0.3) is 0 Å². The first kappa shape index (κ1) is 20.3. The van der Waals surface area contributed by atoms with E-state index in [0.717, 1.165) is 5.92 Å². The summed E-state index contributed by atoms with van der Waals surface area (Å²) in [6.45, 7) is 2.88. The van der Waals surface area contributed by atoms with Gasteiger partial charge in [0.2, 0.25) is 0 Å². The highest BCUT2D eigenvalue weighted by Gasteiger charge is 2.35. The minimum absolute atomic E-state index is 0.0806. The highest BCUT2D eigenvalue weighted by atomic mass is 19.3. The Kier molecular flexibility index (Phi) is 7.83. The lowest BCUT2D eigenvalue weighted by molar-refractivity contribution is -0.0566. The predicted molar refractivity (Wildman–Crippen MR) is 99.0 cm³/mol. The maximum atomic E-state index is 13.7. The van der Waals surface area contributed by atoms with Crippen molar-refractivity contribution < 1.29 is 13.2 Å². The van der Waals surface area contributed by atoms with E-state index in [1.54, 1.807) is 0 Å². The third-order valence-electron chi connectivity index (χ3n) is 5.71. The lowest BCUT2D eigenvalue weighted by Gasteiger charge is -2.29. The molecule has 1 aromatic rings. The first-order valence-corrected chi connectivity index (χ1v) is 10.0. The van der Waals surface area contributed by atoms with Gasteiger partial charge in [-0.2, -0.15) is 0 Å². The van der Waals surface area contributed by atoms with Crippen LogP contribution in [0.4, 0.5) is 13.2 Å². The first-order valence-electron chi connectivity index (χ1n) is 10.0. The fraction of sp³-hybridized carbons (Fsp3) is 0.727. The monoisotopic (exact) mass is 354 g/mol. The summed E-state index contributed by atoms with van der Waals surface area (Å²) in [5, 5.41) is 0. The van der Waals surface area contributed by atoms with Crippen LogP contribution in [-0.2, 0) is 0 Å². The van der Waals surface area contributed by atoms with Crippen LogP contribution in [0.3, 0.4) is 0 Å². The molecule has 1 aliphatic carbocycles. The van der Waals surface area contributed by atoms with Crippen molar-refractivity contribution in [1.29, 1.82) is 0 Å². The minimum atomic E-state index is -3.32. The zero-order valence-electron chi connectivity index (χ0n) is 15.7. The molecule has 0 aliphatic heterocycles. The van der Waals surface area contributed by atoms with Crippen LogP contribution < -0.4 is 0 Å². The second-order valence-electron chi connectivity index (χ2n) is 7.91. The normalized spacial score (nSPS) is 22.8. The SMILES string of the molecule is CCCCCCCC1CCC(c2ccc(C(F)C(C)(F)F)cc2)CC1. The quantitative estimate of drug-likeness (QED) is 0.394. The van der Waals surface area contributed by atoms with Crippen LogP contribution >= 0.6 is 0 Å². The Morgan fingerprint density at radius 3 is 2.12 bits per heavy atom. The maximum absolute atomic E-state index is 13.7. The van der Waals surface area contributed by atoms with E-state index in [-0.39, 0.29) is 5.56 Å². The molecule has 0 heterocycles. The molecule has 0 radical (unpaired) electrons. The average Bonchev–Trinajstić information content (AvgIpc) is 2.61. The van der Waals surface area contributed by atoms with Crippen molar-refractivity contribution >= 4 is 0 Å². The molecule has 1 aromatic carbocycles. The molecule has 1 saturated carbocycles. The van der Waals surface area contributed by atoms with Crippen molar-refractivity contribution in [2.24, 2.45) is 5.92 Å². The number of rotatable bonds is 9. The van der Waals surface area contributed by atoms with Crippen molar-refractivity contribution in [3.63, 3.8) is 0 Å². The topological polar surface area (TPSA) is 0 Å². The fourth-order valence-electron chi connectivity index (χ4n) is 4.05. The second kappa shape index (κ2) is 9.64. The maximum Gasteiger partial charge on any atom is 0.280 e. The molecule has 1 aliphatic rings. The molecule has 1 unspecified atom stereocenters. The van der Waals surface area contributed by atoms with Crippen LogP contribution in [0.2, 0.25) is 0 Å². The van der Waals surface area contributed by atoms with E-state index >= 15 is 0 Å². The van der Waals surface area contributed by atoms with Gasteiger partial charge in [-0.25, -0.2) is 13.2 Å². The number of alkyl halides is 3. The van der Waals surface area contributed by atoms with E-state index in [9.17, 15) is 13.2 Å². The Balaban J connectivity index is 1.77. The third-order valence-corrected chi connectivity index (χ3v) is 5.71. The first-order chi connectivity index (χ1) is 11.9. The summed E-state index contributed by atoms with van der Waals surface area (Å²) in [7, 11) is 0. The Hall–Kier alpha value is -0.990. The summed E-state index contributed by atoms with van der Waals surface area (Å²) in [6, 6.07) is 6.78. The number of benzene rings is 1. The van der Waals surface area contributed by atoms with Crippen molar-refractivity contribution in [2.45, 2.75) is 96.1 Å². The third kappa shape index (κ3) is 6.34. The lowest BCUT2D eigenvalue weighted by atomic mass is 9.77. The number of halogens is 3. The van der Waals surface area contributed by atoms with Crippen LogP contribution in [0.15, 0.2) is 24.3 Å². The molecule has 3 heteroatoms. The van der Waals surface area contributed by atoms with Gasteiger partial charge in [-0.05, 0) is 48.6 Å². The number of hydrogen-bond acceptors (Lipinski definition) is 0. The largest absolute Gasteiger partial charge is 0.280 e. The molecular weight excluding hydrogens is 321 g/mol. The van der Waals surface area contributed by atoms with Gasteiger partial charge in [-0.3, -0.25) is 0 Å². The Bertz CT molecular complexity index is 481. The summed E-state index contributed by atoms with van der Waals surface area (Å²) in [5.74, 6) is -1.96. The molecule has 0 aromatic heterocycles. The summed E-state index contributed by atoms with van der Waals surface area (Å²) in [5.41, 5.74) is 1.26. The molecule has 0 bridgehead atoms. The van der Waals surface area contributed by atoms with E-state index in [1.807, 2.05) is 12.1 Å². The minimum Gasteiger partial charge on any atom is -0.236 e. The van der Waals surface area contributed by atoms with Crippen molar-refractivity contribution in [3.05, 3.63) is 35.4 Å². The molecule has 142 valence electrons. The Morgan fingerprint density at radius 2 is 1.56 bits per heavy atom.